The average molecular weight is 294 g/mol. The van der Waals surface area contributed by atoms with Gasteiger partial charge in [0, 0.05) is 30.0 Å². The molecular weight excluding hydrogens is 272 g/mol. The van der Waals surface area contributed by atoms with Crippen molar-refractivity contribution in [3.63, 3.8) is 0 Å². The molecule has 0 saturated carbocycles. The Labute approximate surface area is 131 Å². The van der Waals surface area contributed by atoms with Crippen molar-refractivity contribution in [2.45, 2.75) is 31.8 Å². The highest BCUT2D eigenvalue weighted by atomic mass is 15.2. The van der Waals surface area contributed by atoms with E-state index in [1.54, 1.807) is 0 Å². The standard InChI is InChI=1S/C18H22N4/c1-13-17(15-7-9-22(13)10-8-15)21-18-19-11-16(12-20-18)14-5-3-2-4-6-14/h2-6,11-13,15,17H,7-10H2,1H3,(H,19,20,21)/t13-,17+/m1/s1. The topological polar surface area (TPSA) is 41.1 Å². The second-order valence-electron chi connectivity index (χ2n) is 6.45. The van der Waals surface area contributed by atoms with E-state index >= 15 is 0 Å². The van der Waals surface area contributed by atoms with Gasteiger partial charge < -0.3 is 5.32 Å². The molecule has 2 atom stereocenters. The van der Waals surface area contributed by atoms with Crippen LogP contribution in [0.4, 0.5) is 5.95 Å². The Bertz CT molecular complexity index is 615. The minimum absolute atomic E-state index is 0.477. The van der Waals surface area contributed by atoms with Crippen LogP contribution in [0.2, 0.25) is 0 Å². The quantitative estimate of drug-likeness (QED) is 0.944. The molecule has 3 fully saturated rings. The third-order valence-electron chi connectivity index (χ3n) is 5.23. The maximum absolute atomic E-state index is 4.53. The number of benzene rings is 1. The van der Waals surface area contributed by atoms with Crippen LogP contribution in [0.1, 0.15) is 19.8 Å². The van der Waals surface area contributed by atoms with Gasteiger partial charge in [-0.3, -0.25) is 4.90 Å². The van der Waals surface area contributed by atoms with Gasteiger partial charge in [-0.15, -0.1) is 0 Å². The zero-order valence-corrected chi connectivity index (χ0v) is 12.9. The fourth-order valence-electron chi connectivity index (χ4n) is 3.88. The highest BCUT2D eigenvalue weighted by Gasteiger charge is 2.39. The van der Waals surface area contributed by atoms with Crippen molar-refractivity contribution in [1.29, 1.82) is 0 Å². The summed E-state index contributed by atoms with van der Waals surface area (Å²) in [6, 6.07) is 11.3. The van der Waals surface area contributed by atoms with E-state index in [0.29, 0.717) is 12.1 Å². The van der Waals surface area contributed by atoms with Crippen LogP contribution >= 0.6 is 0 Å². The van der Waals surface area contributed by atoms with Crippen molar-refractivity contribution < 1.29 is 0 Å². The third kappa shape index (κ3) is 2.48. The third-order valence-corrected chi connectivity index (χ3v) is 5.23. The monoisotopic (exact) mass is 294 g/mol. The number of hydrogen-bond donors (Lipinski definition) is 1. The number of piperidine rings is 3. The molecule has 5 rings (SSSR count). The van der Waals surface area contributed by atoms with Gasteiger partial charge in [-0.2, -0.15) is 0 Å². The molecule has 1 aromatic heterocycles. The summed E-state index contributed by atoms with van der Waals surface area (Å²) in [7, 11) is 0. The molecule has 4 heteroatoms. The summed E-state index contributed by atoms with van der Waals surface area (Å²) in [6.07, 6.45) is 6.42. The van der Waals surface area contributed by atoms with Gasteiger partial charge in [0.1, 0.15) is 0 Å². The number of rotatable bonds is 3. The SMILES string of the molecule is C[C@@H]1[C@H](Nc2ncc(-c3ccccc3)cn2)C2CCN1CC2. The molecule has 0 radical (unpaired) electrons. The predicted octanol–water partition coefficient (Wildman–Crippen LogP) is 3.04. The Balaban J connectivity index is 1.50. The molecule has 0 aliphatic carbocycles. The van der Waals surface area contributed by atoms with Crippen molar-refractivity contribution in [2.24, 2.45) is 5.92 Å². The van der Waals surface area contributed by atoms with Gasteiger partial charge in [-0.05, 0) is 44.3 Å². The Morgan fingerprint density at radius 3 is 2.32 bits per heavy atom. The molecule has 0 unspecified atom stereocenters. The van der Waals surface area contributed by atoms with Gasteiger partial charge in [0.2, 0.25) is 5.95 Å². The zero-order chi connectivity index (χ0) is 14.9. The number of aromatic nitrogens is 2. The summed E-state index contributed by atoms with van der Waals surface area (Å²) in [5.41, 5.74) is 2.22. The smallest absolute Gasteiger partial charge is 0.222 e. The summed E-state index contributed by atoms with van der Waals surface area (Å²) in [4.78, 5) is 11.6. The van der Waals surface area contributed by atoms with Crippen LogP contribution in [0.15, 0.2) is 42.7 Å². The highest BCUT2D eigenvalue weighted by molar-refractivity contribution is 5.61. The molecule has 0 amide bonds. The molecule has 2 aromatic rings. The Hall–Kier alpha value is -1.94. The largest absolute Gasteiger partial charge is 0.350 e. The lowest BCUT2D eigenvalue weighted by Gasteiger charge is -2.49. The van der Waals surface area contributed by atoms with E-state index in [1.807, 2.05) is 30.6 Å². The van der Waals surface area contributed by atoms with Gasteiger partial charge in [-0.1, -0.05) is 30.3 Å². The highest BCUT2D eigenvalue weighted by Crippen LogP contribution is 2.33. The normalized spacial score (nSPS) is 30.2. The molecule has 4 heterocycles. The molecule has 3 saturated heterocycles. The molecule has 4 nitrogen and oxygen atoms in total. The minimum atomic E-state index is 0.477. The second kappa shape index (κ2) is 5.69. The van der Waals surface area contributed by atoms with E-state index in [9.17, 15) is 0 Å². The first-order valence-corrected chi connectivity index (χ1v) is 8.19. The van der Waals surface area contributed by atoms with Gasteiger partial charge in [0.25, 0.3) is 0 Å². The molecule has 114 valence electrons. The van der Waals surface area contributed by atoms with Crippen LogP contribution in [-0.2, 0) is 0 Å². The summed E-state index contributed by atoms with van der Waals surface area (Å²) in [5, 5.41) is 3.58. The number of hydrogen-bond acceptors (Lipinski definition) is 4. The zero-order valence-electron chi connectivity index (χ0n) is 12.9. The lowest BCUT2D eigenvalue weighted by atomic mass is 9.79. The van der Waals surface area contributed by atoms with Crippen molar-refractivity contribution in [3.05, 3.63) is 42.7 Å². The molecule has 3 aliphatic heterocycles. The van der Waals surface area contributed by atoms with E-state index in [1.165, 1.54) is 25.9 Å². The Kier molecular flexibility index (Phi) is 3.54. The fourth-order valence-corrected chi connectivity index (χ4v) is 3.88. The van der Waals surface area contributed by atoms with Crippen LogP contribution in [0.3, 0.4) is 0 Å². The maximum atomic E-state index is 4.53. The molecule has 2 bridgehead atoms. The van der Waals surface area contributed by atoms with Crippen LogP contribution in [0.25, 0.3) is 11.1 Å². The second-order valence-corrected chi connectivity index (χ2v) is 6.45. The van der Waals surface area contributed by atoms with Crippen LogP contribution in [0, 0.1) is 5.92 Å². The summed E-state index contributed by atoms with van der Waals surface area (Å²) in [5.74, 6) is 1.52. The number of nitrogens with one attached hydrogen (secondary N) is 1. The summed E-state index contributed by atoms with van der Waals surface area (Å²) in [6.45, 7) is 4.82. The first-order valence-electron chi connectivity index (χ1n) is 8.19. The van der Waals surface area contributed by atoms with Crippen molar-refractivity contribution >= 4 is 5.95 Å². The first kappa shape index (κ1) is 13.7. The van der Waals surface area contributed by atoms with Gasteiger partial charge >= 0.3 is 0 Å². The van der Waals surface area contributed by atoms with Crippen molar-refractivity contribution in [3.8, 4) is 11.1 Å². The minimum Gasteiger partial charge on any atom is -0.350 e. The predicted molar refractivity (Wildman–Crippen MR) is 88.6 cm³/mol. The fraction of sp³-hybridized carbons (Fsp3) is 0.444. The number of nitrogens with zero attached hydrogens (tertiary/aromatic N) is 3. The number of anilines is 1. The van der Waals surface area contributed by atoms with Gasteiger partial charge in [0.15, 0.2) is 0 Å². The van der Waals surface area contributed by atoms with E-state index in [2.05, 4.69) is 39.2 Å². The van der Waals surface area contributed by atoms with Crippen LogP contribution < -0.4 is 5.32 Å². The van der Waals surface area contributed by atoms with E-state index in [0.717, 1.165) is 23.0 Å². The molecule has 1 aromatic carbocycles. The van der Waals surface area contributed by atoms with Crippen LogP contribution in [-0.4, -0.2) is 40.0 Å². The average Bonchev–Trinajstić information content (AvgIpc) is 2.60. The molecular formula is C18H22N4. The Morgan fingerprint density at radius 2 is 1.68 bits per heavy atom. The van der Waals surface area contributed by atoms with E-state index < -0.39 is 0 Å². The molecule has 22 heavy (non-hydrogen) atoms. The maximum Gasteiger partial charge on any atom is 0.222 e. The number of fused-ring (bicyclic) bond motifs is 3. The van der Waals surface area contributed by atoms with Crippen molar-refractivity contribution in [2.75, 3.05) is 18.4 Å². The lowest BCUT2D eigenvalue weighted by Crippen LogP contribution is -2.59. The Morgan fingerprint density at radius 1 is 1.00 bits per heavy atom. The summed E-state index contributed by atoms with van der Waals surface area (Å²) >= 11 is 0. The van der Waals surface area contributed by atoms with Gasteiger partial charge in [0.05, 0.1) is 0 Å². The van der Waals surface area contributed by atoms with Crippen LogP contribution in [0.5, 0.6) is 0 Å². The van der Waals surface area contributed by atoms with Crippen molar-refractivity contribution in [1.82, 2.24) is 14.9 Å². The first-order chi connectivity index (χ1) is 10.8. The van der Waals surface area contributed by atoms with Gasteiger partial charge in [-0.25, -0.2) is 9.97 Å². The molecule has 0 spiro atoms. The molecule has 1 N–H and O–H groups in total. The summed E-state index contributed by atoms with van der Waals surface area (Å²) < 4.78 is 0. The van der Waals surface area contributed by atoms with E-state index in [-0.39, 0.29) is 0 Å². The lowest BCUT2D eigenvalue weighted by molar-refractivity contribution is 0.0455. The molecule has 3 aliphatic rings. The van der Waals surface area contributed by atoms with E-state index in [4.69, 9.17) is 0 Å².